The molecule has 3 N–H and O–H groups in total. The molecule has 0 unspecified atom stereocenters. The van der Waals surface area contributed by atoms with Gasteiger partial charge in [0.25, 0.3) is 0 Å². The molecule has 3 nitrogen and oxygen atoms in total. The van der Waals surface area contributed by atoms with Crippen LogP contribution >= 0.6 is 0 Å². The number of nitrogens with two attached hydrogens (primary N) is 1. The first-order valence-corrected chi connectivity index (χ1v) is 2.70. The molecular formula is C5H9N2O. The maximum absolute atomic E-state index is 10.5. The van der Waals surface area contributed by atoms with Crippen LogP contribution in [0.3, 0.4) is 0 Å². The van der Waals surface area contributed by atoms with Crippen LogP contribution in [0.25, 0.3) is 0 Å². The van der Waals surface area contributed by atoms with Crippen molar-refractivity contribution in [3.05, 3.63) is 5.92 Å². The Hall–Kier alpha value is -0.570. The van der Waals surface area contributed by atoms with E-state index < -0.39 is 0 Å². The molecule has 3 heteroatoms. The van der Waals surface area contributed by atoms with Gasteiger partial charge in [-0.3, -0.25) is 10.2 Å². The van der Waals surface area contributed by atoms with Gasteiger partial charge in [-0.1, -0.05) is 6.42 Å². The quantitative estimate of drug-likeness (QED) is 0.279. The normalized spacial score (nSPS) is 19.6. The zero-order valence-corrected chi connectivity index (χ0v) is 4.61. The van der Waals surface area contributed by atoms with Crippen molar-refractivity contribution in [1.82, 2.24) is 5.43 Å². The van der Waals surface area contributed by atoms with Crippen LogP contribution in [0, 0.1) is 5.92 Å². The van der Waals surface area contributed by atoms with Gasteiger partial charge in [0.05, 0.1) is 5.92 Å². The van der Waals surface area contributed by atoms with Crippen LogP contribution in [0.2, 0.25) is 0 Å². The van der Waals surface area contributed by atoms with E-state index in [1.54, 1.807) is 0 Å². The number of carbonyl (C=O) groups is 1. The van der Waals surface area contributed by atoms with Gasteiger partial charge < -0.3 is 0 Å². The van der Waals surface area contributed by atoms with Gasteiger partial charge in [-0.15, -0.1) is 0 Å². The van der Waals surface area contributed by atoms with E-state index in [9.17, 15) is 4.79 Å². The minimum Gasteiger partial charge on any atom is -0.294 e. The summed E-state index contributed by atoms with van der Waals surface area (Å²) in [6.07, 6.45) is 3.01. The summed E-state index contributed by atoms with van der Waals surface area (Å²) in [7, 11) is 0. The zero-order chi connectivity index (χ0) is 5.98. The average molecular weight is 113 g/mol. The van der Waals surface area contributed by atoms with E-state index in [2.05, 4.69) is 5.43 Å². The van der Waals surface area contributed by atoms with E-state index >= 15 is 0 Å². The molecule has 0 aromatic heterocycles. The number of rotatable bonds is 1. The minimum atomic E-state index is -0.0868. The first-order chi connectivity index (χ1) is 3.84. The molecule has 0 spiro atoms. The summed E-state index contributed by atoms with van der Waals surface area (Å²) in [5.41, 5.74) is 2.09. The third-order valence-electron chi connectivity index (χ3n) is 1.41. The van der Waals surface area contributed by atoms with Gasteiger partial charge in [0.2, 0.25) is 5.91 Å². The van der Waals surface area contributed by atoms with Crippen molar-refractivity contribution in [2.45, 2.75) is 19.3 Å². The number of amides is 1. The first-order valence-electron chi connectivity index (χ1n) is 2.70. The van der Waals surface area contributed by atoms with E-state index in [-0.39, 0.29) is 5.91 Å². The molecule has 1 fully saturated rings. The summed E-state index contributed by atoms with van der Waals surface area (Å²) < 4.78 is 0. The molecule has 1 rings (SSSR count). The molecule has 0 aliphatic heterocycles. The highest BCUT2D eigenvalue weighted by atomic mass is 16.2. The SMILES string of the molecule is NNC(=O)[C]1CCC1. The fraction of sp³-hybridized carbons (Fsp3) is 0.600. The molecular weight excluding hydrogens is 104 g/mol. The van der Waals surface area contributed by atoms with Crippen molar-refractivity contribution in [3.8, 4) is 0 Å². The molecule has 8 heavy (non-hydrogen) atoms. The fourth-order valence-corrected chi connectivity index (χ4v) is 0.683. The van der Waals surface area contributed by atoms with E-state index in [0.29, 0.717) is 0 Å². The molecule has 0 aromatic carbocycles. The zero-order valence-electron chi connectivity index (χ0n) is 4.61. The van der Waals surface area contributed by atoms with E-state index in [0.717, 1.165) is 25.2 Å². The maximum atomic E-state index is 10.5. The minimum absolute atomic E-state index is 0.0868. The smallest absolute Gasteiger partial charge is 0.241 e. The summed E-state index contributed by atoms with van der Waals surface area (Å²) in [6, 6.07) is 0. The second kappa shape index (κ2) is 2.13. The Bertz CT molecular complexity index is 98.6. The van der Waals surface area contributed by atoms with E-state index in [1.165, 1.54) is 0 Å². The van der Waals surface area contributed by atoms with Crippen molar-refractivity contribution >= 4 is 5.91 Å². The molecule has 0 heterocycles. The van der Waals surface area contributed by atoms with Crippen LogP contribution in [0.4, 0.5) is 0 Å². The molecule has 1 saturated carbocycles. The van der Waals surface area contributed by atoms with Gasteiger partial charge in [0, 0.05) is 0 Å². The lowest BCUT2D eigenvalue weighted by atomic mass is 9.85. The van der Waals surface area contributed by atoms with Crippen LogP contribution in [-0.2, 0) is 4.79 Å². The van der Waals surface area contributed by atoms with Crippen LogP contribution in [0.15, 0.2) is 0 Å². The Morgan fingerprint density at radius 3 is 2.38 bits per heavy atom. The molecule has 0 aromatic rings. The Labute approximate surface area is 48.2 Å². The van der Waals surface area contributed by atoms with Crippen LogP contribution in [0.5, 0.6) is 0 Å². The Balaban J connectivity index is 2.24. The van der Waals surface area contributed by atoms with E-state index in [1.807, 2.05) is 0 Å². The average Bonchev–Trinajstić information content (AvgIpc) is 1.62. The number of hydrogen-bond donors (Lipinski definition) is 2. The van der Waals surface area contributed by atoms with Gasteiger partial charge in [-0.05, 0) is 12.8 Å². The summed E-state index contributed by atoms with van der Waals surface area (Å²) in [5, 5.41) is 0. The van der Waals surface area contributed by atoms with Gasteiger partial charge in [0.15, 0.2) is 0 Å². The number of carbonyl (C=O) groups excluding carboxylic acids is 1. The summed E-state index contributed by atoms with van der Waals surface area (Å²) in [6.45, 7) is 0. The highest BCUT2D eigenvalue weighted by molar-refractivity contribution is 5.90. The second-order valence-corrected chi connectivity index (χ2v) is 1.93. The van der Waals surface area contributed by atoms with Gasteiger partial charge in [-0.2, -0.15) is 0 Å². The van der Waals surface area contributed by atoms with Crippen LogP contribution in [-0.4, -0.2) is 5.91 Å². The van der Waals surface area contributed by atoms with Crippen LogP contribution in [0.1, 0.15) is 19.3 Å². The fourth-order valence-electron chi connectivity index (χ4n) is 0.683. The molecule has 1 aliphatic carbocycles. The summed E-state index contributed by atoms with van der Waals surface area (Å²) >= 11 is 0. The lowest BCUT2D eigenvalue weighted by Crippen LogP contribution is -2.37. The maximum Gasteiger partial charge on any atom is 0.241 e. The Morgan fingerprint density at radius 1 is 1.62 bits per heavy atom. The van der Waals surface area contributed by atoms with Gasteiger partial charge >= 0.3 is 0 Å². The lowest BCUT2D eigenvalue weighted by molar-refractivity contribution is -0.120. The Morgan fingerprint density at radius 2 is 2.25 bits per heavy atom. The highest BCUT2D eigenvalue weighted by Gasteiger charge is 2.24. The van der Waals surface area contributed by atoms with Crippen LogP contribution < -0.4 is 11.3 Å². The summed E-state index contributed by atoms with van der Waals surface area (Å²) in [4.78, 5) is 10.5. The highest BCUT2D eigenvalue weighted by Crippen LogP contribution is 2.27. The van der Waals surface area contributed by atoms with Gasteiger partial charge in [0.1, 0.15) is 0 Å². The molecule has 45 valence electrons. The van der Waals surface area contributed by atoms with E-state index in [4.69, 9.17) is 5.84 Å². The van der Waals surface area contributed by atoms with Crippen molar-refractivity contribution in [3.63, 3.8) is 0 Å². The monoisotopic (exact) mass is 113 g/mol. The number of nitrogens with one attached hydrogen (secondary N) is 1. The predicted molar refractivity (Wildman–Crippen MR) is 29.4 cm³/mol. The van der Waals surface area contributed by atoms with Crippen molar-refractivity contribution in [1.29, 1.82) is 0 Å². The predicted octanol–water partition coefficient (Wildman–Crippen LogP) is -0.265. The van der Waals surface area contributed by atoms with Crippen molar-refractivity contribution in [2.75, 3.05) is 0 Å². The lowest BCUT2D eigenvalue weighted by Gasteiger charge is -2.21. The van der Waals surface area contributed by atoms with Gasteiger partial charge in [-0.25, -0.2) is 5.84 Å². The molecule has 1 amide bonds. The third-order valence-corrected chi connectivity index (χ3v) is 1.41. The molecule has 1 aliphatic rings. The number of hydrogen-bond acceptors (Lipinski definition) is 2. The molecule has 1 radical (unpaired) electrons. The van der Waals surface area contributed by atoms with Crippen molar-refractivity contribution < 1.29 is 4.79 Å². The molecule has 0 saturated heterocycles. The molecule has 0 atom stereocenters. The standard InChI is InChI=1S/C5H9N2O/c6-7-5(8)4-2-1-3-4/h1-3,6H2,(H,7,8). The molecule has 0 bridgehead atoms. The Kier molecular flexibility index (Phi) is 1.48. The van der Waals surface area contributed by atoms with Crippen molar-refractivity contribution in [2.24, 2.45) is 5.84 Å². The second-order valence-electron chi connectivity index (χ2n) is 1.93. The third kappa shape index (κ3) is 0.816. The first kappa shape index (κ1) is 5.56. The largest absolute Gasteiger partial charge is 0.294 e. The summed E-state index contributed by atoms with van der Waals surface area (Å²) in [5.74, 6) is 5.71. The topological polar surface area (TPSA) is 55.1 Å². The number of hydrazine groups is 1.